The van der Waals surface area contributed by atoms with E-state index in [-0.39, 0.29) is 5.92 Å². The van der Waals surface area contributed by atoms with Gasteiger partial charge in [0.2, 0.25) is 0 Å². The summed E-state index contributed by atoms with van der Waals surface area (Å²) in [5.74, 6) is 0.345. The van der Waals surface area contributed by atoms with Crippen molar-refractivity contribution in [3.05, 3.63) is 46.6 Å². The summed E-state index contributed by atoms with van der Waals surface area (Å²) < 4.78 is 6.36. The third-order valence-electron chi connectivity index (χ3n) is 6.41. The molecule has 10 heteroatoms. The minimum absolute atomic E-state index is 0.0106. The minimum atomic E-state index is -0.813. The average molecular weight is 522 g/mol. The van der Waals surface area contributed by atoms with Crippen LogP contribution in [0.1, 0.15) is 30.9 Å². The SMILES string of the molecule is COc1ccc2ncc(Cl)c(C(O)CCC3CCN(CCSc4nccs4)CC3C(=O)O)c2c1. The first kappa shape index (κ1) is 25.2. The van der Waals surface area contributed by atoms with Gasteiger partial charge in [-0.15, -0.1) is 11.3 Å². The molecular weight excluding hydrogens is 494 g/mol. The van der Waals surface area contributed by atoms with E-state index in [1.165, 1.54) is 0 Å². The van der Waals surface area contributed by atoms with Gasteiger partial charge in [0.05, 0.1) is 29.7 Å². The van der Waals surface area contributed by atoms with Crippen molar-refractivity contribution in [2.75, 3.05) is 32.5 Å². The second-order valence-electron chi connectivity index (χ2n) is 8.44. The summed E-state index contributed by atoms with van der Waals surface area (Å²) in [6.07, 6.45) is 4.38. The van der Waals surface area contributed by atoms with E-state index in [9.17, 15) is 15.0 Å². The number of thiazole rings is 1. The van der Waals surface area contributed by atoms with Gasteiger partial charge in [0, 0.05) is 47.6 Å². The third kappa shape index (κ3) is 6.01. The molecule has 4 rings (SSSR count). The van der Waals surface area contributed by atoms with Crippen LogP contribution in [0, 0.1) is 11.8 Å². The molecule has 7 nitrogen and oxygen atoms in total. The summed E-state index contributed by atoms with van der Waals surface area (Å²) >= 11 is 9.76. The van der Waals surface area contributed by atoms with Crippen molar-refractivity contribution < 1.29 is 19.7 Å². The van der Waals surface area contributed by atoms with Crippen LogP contribution < -0.4 is 4.74 Å². The Kier molecular flexibility index (Phi) is 8.65. The Labute approximate surface area is 212 Å². The second-order valence-corrected chi connectivity index (χ2v) is 11.1. The Bertz CT molecular complexity index is 1120. The van der Waals surface area contributed by atoms with E-state index in [0.29, 0.717) is 35.7 Å². The van der Waals surface area contributed by atoms with Crippen molar-refractivity contribution in [2.45, 2.75) is 29.7 Å². The summed E-state index contributed by atoms with van der Waals surface area (Å²) in [7, 11) is 1.59. The highest BCUT2D eigenvalue weighted by Crippen LogP contribution is 2.37. The maximum atomic E-state index is 12.0. The third-order valence-corrected chi connectivity index (χ3v) is 8.66. The summed E-state index contributed by atoms with van der Waals surface area (Å²) in [6, 6.07) is 5.48. The fourth-order valence-corrected chi connectivity index (χ4v) is 6.57. The van der Waals surface area contributed by atoms with Crippen molar-refractivity contribution >= 4 is 51.6 Å². The fourth-order valence-electron chi connectivity index (χ4n) is 4.59. The highest BCUT2D eigenvalue weighted by atomic mass is 35.5. The molecule has 1 fully saturated rings. The smallest absolute Gasteiger partial charge is 0.308 e. The number of nitrogens with zero attached hydrogens (tertiary/aromatic N) is 3. The number of carbonyl (C=O) groups is 1. The lowest BCUT2D eigenvalue weighted by Gasteiger charge is -2.36. The second kappa shape index (κ2) is 11.7. The van der Waals surface area contributed by atoms with Gasteiger partial charge in [-0.3, -0.25) is 9.78 Å². The summed E-state index contributed by atoms with van der Waals surface area (Å²) in [4.78, 5) is 22.9. The molecule has 3 aromatic rings. The van der Waals surface area contributed by atoms with Gasteiger partial charge in [-0.1, -0.05) is 23.4 Å². The number of hydrogen-bond donors (Lipinski definition) is 2. The maximum absolute atomic E-state index is 12.0. The Balaban J connectivity index is 1.38. The number of carboxylic acids is 1. The molecule has 1 aliphatic rings. The molecule has 3 heterocycles. The zero-order valence-corrected chi connectivity index (χ0v) is 21.3. The summed E-state index contributed by atoms with van der Waals surface area (Å²) in [5.41, 5.74) is 1.35. The van der Waals surface area contributed by atoms with Gasteiger partial charge >= 0.3 is 5.97 Å². The molecule has 0 aliphatic carbocycles. The van der Waals surface area contributed by atoms with Crippen molar-refractivity contribution in [1.82, 2.24) is 14.9 Å². The van der Waals surface area contributed by atoms with Crippen molar-refractivity contribution in [3.63, 3.8) is 0 Å². The first-order chi connectivity index (χ1) is 16.5. The van der Waals surface area contributed by atoms with Crippen LogP contribution in [0.5, 0.6) is 5.75 Å². The lowest BCUT2D eigenvalue weighted by atomic mass is 9.81. The zero-order valence-electron chi connectivity index (χ0n) is 18.9. The van der Waals surface area contributed by atoms with Crippen molar-refractivity contribution in [1.29, 1.82) is 0 Å². The molecule has 1 aromatic carbocycles. The number of benzene rings is 1. The van der Waals surface area contributed by atoms with Gasteiger partial charge in [0.25, 0.3) is 0 Å². The molecule has 2 N–H and O–H groups in total. The quantitative estimate of drug-likeness (QED) is 0.360. The molecule has 3 atom stereocenters. The molecule has 34 heavy (non-hydrogen) atoms. The number of ether oxygens (including phenoxy) is 1. The molecule has 0 spiro atoms. The van der Waals surface area contributed by atoms with Gasteiger partial charge < -0.3 is 19.8 Å². The highest BCUT2D eigenvalue weighted by Gasteiger charge is 2.34. The van der Waals surface area contributed by atoms with Crippen LogP contribution in [0.4, 0.5) is 0 Å². The van der Waals surface area contributed by atoms with Crippen molar-refractivity contribution in [2.24, 2.45) is 11.8 Å². The number of fused-ring (bicyclic) bond motifs is 1. The van der Waals surface area contributed by atoms with Gasteiger partial charge in [-0.2, -0.15) is 0 Å². The van der Waals surface area contributed by atoms with Gasteiger partial charge in [-0.05, 0) is 49.9 Å². The first-order valence-electron chi connectivity index (χ1n) is 11.2. The number of aromatic nitrogens is 2. The van der Waals surface area contributed by atoms with Crippen LogP contribution in [0.15, 0.2) is 40.3 Å². The van der Waals surface area contributed by atoms with Gasteiger partial charge in [-0.25, -0.2) is 4.98 Å². The Morgan fingerprint density at radius 3 is 3.00 bits per heavy atom. The van der Waals surface area contributed by atoms with E-state index >= 15 is 0 Å². The van der Waals surface area contributed by atoms with Gasteiger partial charge in [0.15, 0.2) is 0 Å². The van der Waals surface area contributed by atoms with Crippen LogP contribution in [0.2, 0.25) is 5.02 Å². The molecule has 0 amide bonds. The molecule has 0 bridgehead atoms. The number of thioether (sulfide) groups is 1. The Hall–Kier alpha value is -1.91. The lowest BCUT2D eigenvalue weighted by molar-refractivity contribution is -0.146. The molecule has 1 aliphatic heterocycles. The van der Waals surface area contributed by atoms with Crippen molar-refractivity contribution in [3.8, 4) is 5.75 Å². The van der Waals surface area contributed by atoms with E-state index in [4.69, 9.17) is 16.3 Å². The zero-order chi connectivity index (χ0) is 24.1. The molecule has 2 aromatic heterocycles. The normalized spacial score (nSPS) is 19.9. The largest absolute Gasteiger partial charge is 0.497 e. The number of aliphatic hydroxyl groups is 1. The maximum Gasteiger partial charge on any atom is 0.308 e. The number of rotatable bonds is 10. The highest BCUT2D eigenvalue weighted by molar-refractivity contribution is 8.01. The number of aliphatic carboxylic acids is 1. The number of carboxylic acid groups (broad SMARTS) is 1. The molecular formula is C24H28ClN3O4S2. The van der Waals surface area contributed by atoms with E-state index in [0.717, 1.165) is 40.5 Å². The van der Waals surface area contributed by atoms with Crippen LogP contribution in [0.3, 0.4) is 0 Å². The predicted molar refractivity (Wildman–Crippen MR) is 136 cm³/mol. The Morgan fingerprint density at radius 2 is 2.26 bits per heavy atom. The van der Waals surface area contributed by atoms with E-state index in [2.05, 4.69) is 14.9 Å². The van der Waals surface area contributed by atoms with Crippen LogP contribution in [0.25, 0.3) is 10.9 Å². The van der Waals surface area contributed by atoms with Crippen LogP contribution >= 0.6 is 34.7 Å². The molecule has 182 valence electrons. The molecule has 1 saturated heterocycles. The number of pyridine rings is 1. The number of halogens is 1. The number of likely N-dealkylation sites (tertiary alicyclic amines) is 1. The molecule has 0 radical (unpaired) electrons. The first-order valence-corrected chi connectivity index (χ1v) is 13.5. The molecule has 3 unspecified atom stereocenters. The standard InChI is InChI=1S/C24H28ClN3O4S2/c1-32-16-3-4-20-17(12-16)22(19(25)13-27-20)21(29)5-2-15-6-8-28(14-18(15)23(30)31)9-11-34-24-26-7-10-33-24/h3-4,7,10,12-13,15,18,21,29H,2,5-6,8-9,11,14H2,1H3,(H,30,31). The van der Waals surface area contributed by atoms with E-state index in [1.54, 1.807) is 42.6 Å². The van der Waals surface area contributed by atoms with E-state index in [1.807, 2.05) is 23.6 Å². The number of methoxy groups -OCH3 is 1. The summed E-state index contributed by atoms with van der Waals surface area (Å²) in [6.45, 7) is 2.23. The average Bonchev–Trinajstić information content (AvgIpc) is 3.36. The summed E-state index contributed by atoms with van der Waals surface area (Å²) in [5, 5.41) is 24.0. The minimum Gasteiger partial charge on any atom is -0.497 e. The molecule has 0 saturated carbocycles. The fraction of sp³-hybridized carbons (Fsp3) is 0.458. The predicted octanol–water partition coefficient (Wildman–Crippen LogP) is 4.98. The van der Waals surface area contributed by atoms with Crippen LogP contribution in [-0.4, -0.2) is 63.5 Å². The topological polar surface area (TPSA) is 95.8 Å². The number of piperidine rings is 1. The number of aliphatic hydroxyl groups excluding tert-OH is 1. The Morgan fingerprint density at radius 1 is 1.41 bits per heavy atom. The van der Waals surface area contributed by atoms with Crippen LogP contribution in [-0.2, 0) is 4.79 Å². The number of hydrogen-bond acceptors (Lipinski definition) is 8. The lowest BCUT2D eigenvalue weighted by Crippen LogP contribution is -2.44. The van der Waals surface area contributed by atoms with E-state index < -0.39 is 18.0 Å². The van der Waals surface area contributed by atoms with Gasteiger partial charge in [0.1, 0.15) is 10.1 Å². The monoisotopic (exact) mass is 521 g/mol.